The summed E-state index contributed by atoms with van der Waals surface area (Å²) in [5, 5.41) is 5.41. The van der Waals surface area contributed by atoms with E-state index in [0.29, 0.717) is 45.1 Å². The molecule has 174 valence electrons. The summed E-state index contributed by atoms with van der Waals surface area (Å²) >= 11 is 0. The summed E-state index contributed by atoms with van der Waals surface area (Å²) < 4.78 is 23.8. The molecule has 3 unspecified atom stereocenters. The van der Waals surface area contributed by atoms with Crippen molar-refractivity contribution < 1.29 is 28.5 Å². The van der Waals surface area contributed by atoms with Crippen molar-refractivity contribution >= 4 is 12.0 Å². The average molecular weight is 429 g/mol. The Kier molecular flexibility index (Phi) is 8.94. The molecule has 30 heavy (non-hydrogen) atoms. The summed E-state index contributed by atoms with van der Waals surface area (Å²) in [6.45, 7) is 12.3. The van der Waals surface area contributed by atoms with Gasteiger partial charge in [-0.25, -0.2) is 4.79 Å². The lowest BCUT2D eigenvalue weighted by Gasteiger charge is -2.47. The van der Waals surface area contributed by atoms with Gasteiger partial charge in [0.05, 0.1) is 17.8 Å². The number of hydrogen-bond acceptors (Lipinski definition) is 6. The molecular weight excluding hydrogens is 388 g/mol. The first-order chi connectivity index (χ1) is 14.1. The van der Waals surface area contributed by atoms with Crippen molar-refractivity contribution in [3.05, 3.63) is 0 Å². The largest absolute Gasteiger partial charge is 0.443 e. The summed E-state index contributed by atoms with van der Waals surface area (Å²) in [7, 11) is 1.65. The Morgan fingerprint density at radius 3 is 2.47 bits per heavy atom. The predicted molar refractivity (Wildman–Crippen MR) is 113 cm³/mol. The first-order valence-corrected chi connectivity index (χ1v) is 11.2. The number of hydrogen-bond donors (Lipinski definition) is 2. The van der Waals surface area contributed by atoms with Crippen LogP contribution >= 0.6 is 0 Å². The molecule has 1 heterocycles. The van der Waals surface area contributed by atoms with Crippen molar-refractivity contribution in [1.82, 2.24) is 10.6 Å². The zero-order valence-electron chi connectivity index (χ0n) is 19.4. The Morgan fingerprint density at radius 1 is 1.23 bits per heavy atom. The summed E-state index contributed by atoms with van der Waals surface area (Å²) in [6.07, 6.45) is 1.68. The molecular formula is C22H40N2O6. The minimum absolute atomic E-state index is 0.0439. The van der Waals surface area contributed by atoms with Gasteiger partial charge in [-0.15, -0.1) is 0 Å². The maximum Gasteiger partial charge on any atom is 0.407 e. The fourth-order valence-corrected chi connectivity index (χ4v) is 4.40. The first kappa shape index (κ1) is 24.9. The van der Waals surface area contributed by atoms with Crippen molar-refractivity contribution in [2.45, 2.75) is 83.7 Å². The van der Waals surface area contributed by atoms with Crippen LogP contribution in [0.2, 0.25) is 0 Å². The second kappa shape index (κ2) is 10.8. The molecule has 0 aromatic rings. The number of epoxide rings is 1. The Labute approximate surface area is 180 Å². The fourth-order valence-electron chi connectivity index (χ4n) is 4.40. The van der Waals surface area contributed by atoms with Crippen LogP contribution in [0.15, 0.2) is 0 Å². The molecule has 0 aromatic carbocycles. The van der Waals surface area contributed by atoms with Crippen molar-refractivity contribution in [2.75, 3.05) is 33.4 Å². The van der Waals surface area contributed by atoms with Crippen LogP contribution in [0.3, 0.4) is 0 Å². The lowest BCUT2D eigenvalue weighted by molar-refractivity contribution is -0.176. The van der Waals surface area contributed by atoms with Gasteiger partial charge in [0.1, 0.15) is 12.2 Å². The summed E-state index contributed by atoms with van der Waals surface area (Å²) in [6, 6.07) is 0. The van der Waals surface area contributed by atoms with Gasteiger partial charge in [0.15, 0.2) is 0 Å². The number of methoxy groups -OCH3 is 1. The topological polar surface area (TPSA) is 98.4 Å². The van der Waals surface area contributed by atoms with Gasteiger partial charge < -0.3 is 29.6 Å². The second-order valence-electron chi connectivity index (χ2n) is 9.28. The van der Waals surface area contributed by atoms with Gasteiger partial charge in [-0.3, -0.25) is 4.79 Å². The third-order valence-corrected chi connectivity index (χ3v) is 6.12. The van der Waals surface area contributed by atoms with E-state index in [4.69, 9.17) is 18.9 Å². The van der Waals surface area contributed by atoms with Gasteiger partial charge in [-0.1, -0.05) is 20.8 Å². The van der Waals surface area contributed by atoms with E-state index < -0.39 is 11.7 Å². The number of ether oxygens (including phenoxy) is 4. The molecule has 4 atom stereocenters. The van der Waals surface area contributed by atoms with Crippen LogP contribution in [0.1, 0.15) is 60.3 Å². The van der Waals surface area contributed by atoms with Crippen LogP contribution in [0.5, 0.6) is 0 Å². The van der Waals surface area contributed by atoms with Crippen molar-refractivity contribution in [2.24, 2.45) is 11.8 Å². The smallest absolute Gasteiger partial charge is 0.407 e. The molecule has 1 aliphatic heterocycles. The van der Waals surface area contributed by atoms with Crippen LogP contribution in [0.25, 0.3) is 0 Å². The Bertz CT molecular complexity index is 576. The highest BCUT2D eigenvalue weighted by molar-refractivity contribution is 5.75. The number of rotatable bonds is 11. The molecule has 2 amide bonds. The quantitative estimate of drug-likeness (QED) is 0.388. The highest BCUT2D eigenvalue weighted by Gasteiger charge is 2.64. The molecule has 2 fully saturated rings. The Hall–Kier alpha value is -1.38. The summed E-state index contributed by atoms with van der Waals surface area (Å²) in [4.78, 5) is 23.6. The minimum atomic E-state index is -0.502. The molecule has 2 aliphatic rings. The maximum absolute atomic E-state index is 12.3. The SMILES string of the molecule is CCC(=O)NCCNC(=O)OC1CC[C@]2(CO2)C(C(C)(C)OCCC(C)C)C1OC. The molecule has 8 heteroatoms. The van der Waals surface area contributed by atoms with Gasteiger partial charge in [-0.05, 0) is 39.0 Å². The molecule has 2 N–H and O–H groups in total. The van der Waals surface area contributed by atoms with E-state index in [1.807, 2.05) is 0 Å². The minimum Gasteiger partial charge on any atom is -0.443 e. The summed E-state index contributed by atoms with van der Waals surface area (Å²) in [5.41, 5.74) is -0.738. The molecule has 1 saturated carbocycles. The van der Waals surface area contributed by atoms with Gasteiger partial charge in [0.2, 0.25) is 5.91 Å². The van der Waals surface area contributed by atoms with E-state index in [0.717, 1.165) is 12.8 Å². The predicted octanol–water partition coefficient (Wildman–Crippen LogP) is 2.64. The van der Waals surface area contributed by atoms with E-state index in [2.05, 4.69) is 38.3 Å². The normalized spacial score (nSPS) is 28.4. The van der Waals surface area contributed by atoms with E-state index in [1.54, 1.807) is 14.0 Å². The Balaban J connectivity index is 1.96. The van der Waals surface area contributed by atoms with Gasteiger partial charge in [-0.2, -0.15) is 0 Å². The van der Waals surface area contributed by atoms with Crippen molar-refractivity contribution in [1.29, 1.82) is 0 Å². The zero-order valence-corrected chi connectivity index (χ0v) is 19.4. The number of alkyl carbamates (subject to hydrolysis) is 1. The highest BCUT2D eigenvalue weighted by atomic mass is 16.6. The van der Waals surface area contributed by atoms with Gasteiger partial charge in [0, 0.05) is 39.1 Å². The van der Waals surface area contributed by atoms with Crippen molar-refractivity contribution in [3.8, 4) is 0 Å². The second-order valence-corrected chi connectivity index (χ2v) is 9.28. The molecule has 1 aliphatic carbocycles. The van der Waals surface area contributed by atoms with E-state index in [-0.39, 0.29) is 29.6 Å². The number of nitrogens with one attached hydrogen (secondary N) is 2. The lowest BCUT2D eigenvalue weighted by Crippen LogP contribution is -2.59. The molecule has 2 rings (SSSR count). The van der Waals surface area contributed by atoms with E-state index >= 15 is 0 Å². The average Bonchev–Trinajstić information content (AvgIpc) is 3.45. The number of amides is 2. The highest BCUT2D eigenvalue weighted by Crippen LogP contribution is 2.52. The molecule has 1 spiro atoms. The van der Waals surface area contributed by atoms with Crippen LogP contribution in [0, 0.1) is 11.8 Å². The third kappa shape index (κ3) is 6.56. The molecule has 1 saturated heterocycles. The lowest BCUT2D eigenvalue weighted by atomic mass is 9.68. The van der Waals surface area contributed by atoms with Crippen LogP contribution in [-0.2, 0) is 23.7 Å². The van der Waals surface area contributed by atoms with Gasteiger partial charge >= 0.3 is 6.09 Å². The van der Waals surface area contributed by atoms with Crippen molar-refractivity contribution in [3.63, 3.8) is 0 Å². The fraction of sp³-hybridized carbons (Fsp3) is 0.909. The summed E-state index contributed by atoms with van der Waals surface area (Å²) in [5.74, 6) is 0.477. The monoisotopic (exact) mass is 428 g/mol. The first-order valence-electron chi connectivity index (χ1n) is 11.2. The van der Waals surface area contributed by atoms with Crippen LogP contribution < -0.4 is 10.6 Å². The van der Waals surface area contributed by atoms with Gasteiger partial charge in [0.25, 0.3) is 0 Å². The Morgan fingerprint density at radius 2 is 1.90 bits per heavy atom. The number of carbonyl (C=O) groups is 2. The van der Waals surface area contributed by atoms with Crippen LogP contribution in [0.4, 0.5) is 4.79 Å². The molecule has 0 bridgehead atoms. The maximum atomic E-state index is 12.3. The standard InChI is InChI=1S/C22H40N2O6/c1-7-17(25)23-11-12-24-20(26)30-16-8-10-22(14-29-22)19(18(16)27-6)21(4,5)28-13-9-15(2)3/h15-16,18-19H,7-14H2,1-6H3,(H,23,25)(H,24,26)/t16?,18?,19?,22-/m0/s1. The zero-order chi connectivity index (χ0) is 22.4. The molecule has 0 radical (unpaired) electrons. The third-order valence-electron chi connectivity index (χ3n) is 6.12. The van der Waals surface area contributed by atoms with E-state index in [9.17, 15) is 9.59 Å². The number of carbonyl (C=O) groups excluding carboxylic acids is 2. The van der Waals surface area contributed by atoms with E-state index in [1.165, 1.54) is 0 Å². The van der Waals surface area contributed by atoms with Crippen LogP contribution in [-0.4, -0.2) is 68.8 Å². The molecule has 8 nitrogen and oxygen atoms in total. The molecule has 0 aromatic heterocycles.